The van der Waals surface area contributed by atoms with E-state index in [1.165, 1.54) is 37.1 Å². The van der Waals surface area contributed by atoms with Gasteiger partial charge < -0.3 is 10.1 Å². The van der Waals surface area contributed by atoms with Gasteiger partial charge in [0.25, 0.3) is 0 Å². The molecule has 0 aliphatic heterocycles. The summed E-state index contributed by atoms with van der Waals surface area (Å²) in [5, 5.41) is 6.80. The summed E-state index contributed by atoms with van der Waals surface area (Å²) in [4.78, 5) is 4.68. The molecule has 0 atom stereocenters. The van der Waals surface area contributed by atoms with Crippen molar-refractivity contribution in [1.29, 1.82) is 0 Å². The van der Waals surface area contributed by atoms with Crippen LogP contribution in [0.3, 0.4) is 0 Å². The first-order valence-corrected chi connectivity index (χ1v) is 8.71. The molecular weight excluding hydrogens is 268 g/mol. The van der Waals surface area contributed by atoms with Crippen molar-refractivity contribution in [2.24, 2.45) is 0 Å². The molecule has 0 amide bonds. The van der Waals surface area contributed by atoms with Gasteiger partial charge in [-0.25, -0.2) is 4.98 Å². The van der Waals surface area contributed by atoms with Crippen molar-refractivity contribution < 1.29 is 4.74 Å². The summed E-state index contributed by atoms with van der Waals surface area (Å²) in [6, 6.07) is 0. The van der Waals surface area contributed by atoms with Crippen molar-refractivity contribution in [3.8, 4) is 0 Å². The highest BCUT2D eigenvalue weighted by Gasteiger charge is 2.17. The molecule has 0 spiro atoms. The molecule has 1 aromatic heterocycles. The summed E-state index contributed by atoms with van der Waals surface area (Å²) in [6.45, 7) is 9.21. The van der Waals surface area contributed by atoms with Crippen LogP contribution in [0.4, 0.5) is 0 Å². The quantitative estimate of drug-likeness (QED) is 0.809. The van der Waals surface area contributed by atoms with E-state index >= 15 is 0 Å². The predicted octanol–water partition coefficient (Wildman–Crippen LogP) is 3.88. The topological polar surface area (TPSA) is 34.2 Å². The summed E-state index contributed by atoms with van der Waals surface area (Å²) in [7, 11) is 0. The van der Waals surface area contributed by atoms with Gasteiger partial charge in [-0.15, -0.1) is 11.3 Å². The molecule has 0 unspecified atom stereocenters. The minimum Gasteiger partial charge on any atom is -0.377 e. The number of ether oxygens (including phenoxy) is 1. The molecule has 4 heteroatoms. The first kappa shape index (κ1) is 15.9. The molecule has 1 fully saturated rings. The van der Waals surface area contributed by atoms with Crippen molar-refractivity contribution in [1.82, 2.24) is 10.3 Å². The van der Waals surface area contributed by atoms with Gasteiger partial charge in [-0.2, -0.15) is 0 Å². The Hall–Kier alpha value is -0.450. The Balaban J connectivity index is 1.60. The van der Waals surface area contributed by atoms with E-state index in [1.54, 1.807) is 11.3 Å². The van der Waals surface area contributed by atoms with Gasteiger partial charge in [0.15, 0.2) is 0 Å². The number of nitrogens with zero attached hydrogens (tertiary/aromatic N) is 1. The third-order valence-electron chi connectivity index (χ3n) is 3.68. The van der Waals surface area contributed by atoms with Gasteiger partial charge in [-0.1, -0.05) is 40.0 Å². The second-order valence-electron chi connectivity index (χ2n) is 6.70. The molecule has 1 N–H and O–H groups in total. The standard InChI is InChI=1S/C16H28N2OS/c1-16(2,3)15-18-13(12-20-15)11-17-9-10-19-14-7-5-4-6-8-14/h12,14,17H,4-11H2,1-3H3. The van der Waals surface area contributed by atoms with E-state index in [1.807, 2.05) is 0 Å². The van der Waals surface area contributed by atoms with Crippen molar-refractivity contribution in [2.45, 2.75) is 70.9 Å². The number of hydrogen-bond acceptors (Lipinski definition) is 4. The van der Waals surface area contributed by atoms with Gasteiger partial charge in [0.2, 0.25) is 0 Å². The average Bonchev–Trinajstić information content (AvgIpc) is 2.88. The number of thiazole rings is 1. The van der Waals surface area contributed by atoms with Crippen LogP contribution in [0, 0.1) is 0 Å². The smallest absolute Gasteiger partial charge is 0.0982 e. The maximum atomic E-state index is 5.90. The highest BCUT2D eigenvalue weighted by atomic mass is 32.1. The van der Waals surface area contributed by atoms with Crippen molar-refractivity contribution in [3.63, 3.8) is 0 Å². The van der Waals surface area contributed by atoms with Crippen molar-refractivity contribution >= 4 is 11.3 Å². The third-order valence-corrected chi connectivity index (χ3v) is 5.00. The van der Waals surface area contributed by atoms with E-state index in [0.29, 0.717) is 6.10 Å². The molecule has 1 aromatic rings. The summed E-state index contributed by atoms with van der Waals surface area (Å²) < 4.78 is 5.90. The number of aromatic nitrogens is 1. The molecule has 1 saturated carbocycles. The Labute approximate surface area is 127 Å². The summed E-state index contributed by atoms with van der Waals surface area (Å²) >= 11 is 1.76. The van der Waals surface area contributed by atoms with Gasteiger partial charge in [-0.3, -0.25) is 0 Å². The normalized spacial score (nSPS) is 17.6. The van der Waals surface area contributed by atoms with E-state index in [0.717, 1.165) is 25.4 Å². The van der Waals surface area contributed by atoms with E-state index in [4.69, 9.17) is 4.74 Å². The monoisotopic (exact) mass is 296 g/mol. The van der Waals surface area contributed by atoms with Crippen LogP contribution in [0.1, 0.15) is 63.6 Å². The van der Waals surface area contributed by atoms with Crippen molar-refractivity contribution in [2.75, 3.05) is 13.2 Å². The lowest BCUT2D eigenvalue weighted by Gasteiger charge is -2.21. The molecule has 1 heterocycles. The largest absolute Gasteiger partial charge is 0.377 e. The summed E-state index contributed by atoms with van der Waals surface area (Å²) in [6.07, 6.45) is 7.08. The highest BCUT2D eigenvalue weighted by molar-refractivity contribution is 7.09. The second-order valence-corrected chi connectivity index (χ2v) is 7.56. The van der Waals surface area contributed by atoms with E-state index in [2.05, 4.69) is 36.5 Å². The maximum absolute atomic E-state index is 5.90. The van der Waals surface area contributed by atoms with E-state index in [-0.39, 0.29) is 5.41 Å². The molecular formula is C16H28N2OS. The first-order valence-electron chi connectivity index (χ1n) is 7.83. The molecule has 0 aromatic carbocycles. The molecule has 1 aliphatic rings. The number of hydrogen-bond donors (Lipinski definition) is 1. The van der Waals surface area contributed by atoms with Gasteiger partial charge in [-0.05, 0) is 12.8 Å². The molecule has 1 aliphatic carbocycles. The molecule has 0 saturated heterocycles. The van der Waals surface area contributed by atoms with Crippen LogP contribution in [0.15, 0.2) is 5.38 Å². The molecule has 2 rings (SSSR count). The third kappa shape index (κ3) is 5.15. The lowest BCUT2D eigenvalue weighted by molar-refractivity contribution is 0.0302. The lowest BCUT2D eigenvalue weighted by atomic mass is 9.98. The van der Waals surface area contributed by atoms with Crippen LogP contribution >= 0.6 is 11.3 Å². The van der Waals surface area contributed by atoms with Crippen LogP contribution in [0.2, 0.25) is 0 Å². The van der Waals surface area contributed by atoms with Gasteiger partial charge in [0.05, 0.1) is 23.4 Å². The Morgan fingerprint density at radius 2 is 2.05 bits per heavy atom. The maximum Gasteiger partial charge on any atom is 0.0982 e. The van der Waals surface area contributed by atoms with Gasteiger partial charge in [0, 0.05) is 23.9 Å². The zero-order valence-electron chi connectivity index (χ0n) is 13.1. The number of rotatable bonds is 6. The predicted molar refractivity (Wildman–Crippen MR) is 85.3 cm³/mol. The summed E-state index contributed by atoms with van der Waals surface area (Å²) in [5.74, 6) is 0. The molecule has 114 valence electrons. The van der Waals surface area contributed by atoms with E-state index < -0.39 is 0 Å². The second kappa shape index (κ2) is 7.53. The fourth-order valence-corrected chi connectivity index (χ4v) is 3.39. The highest BCUT2D eigenvalue weighted by Crippen LogP contribution is 2.25. The lowest BCUT2D eigenvalue weighted by Crippen LogP contribution is -2.24. The molecule has 0 radical (unpaired) electrons. The molecule has 20 heavy (non-hydrogen) atoms. The Kier molecular flexibility index (Phi) is 6.00. The van der Waals surface area contributed by atoms with Crippen LogP contribution in [0.25, 0.3) is 0 Å². The van der Waals surface area contributed by atoms with Crippen LogP contribution < -0.4 is 5.32 Å². The fraction of sp³-hybridized carbons (Fsp3) is 0.812. The van der Waals surface area contributed by atoms with Gasteiger partial charge >= 0.3 is 0 Å². The molecule has 3 nitrogen and oxygen atoms in total. The zero-order valence-corrected chi connectivity index (χ0v) is 13.9. The van der Waals surface area contributed by atoms with Crippen LogP contribution in [-0.2, 0) is 16.7 Å². The minimum absolute atomic E-state index is 0.160. The Morgan fingerprint density at radius 1 is 1.30 bits per heavy atom. The SMILES string of the molecule is CC(C)(C)c1nc(CNCCOC2CCCCC2)cs1. The van der Waals surface area contributed by atoms with Crippen LogP contribution in [0.5, 0.6) is 0 Å². The Morgan fingerprint density at radius 3 is 2.70 bits per heavy atom. The molecule has 0 bridgehead atoms. The van der Waals surface area contributed by atoms with Gasteiger partial charge in [0.1, 0.15) is 0 Å². The fourth-order valence-electron chi connectivity index (χ4n) is 2.48. The van der Waals surface area contributed by atoms with Crippen molar-refractivity contribution in [3.05, 3.63) is 16.1 Å². The zero-order chi connectivity index (χ0) is 14.4. The number of nitrogens with one attached hydrogen (secondary N) is 1. The average molecular weight is 296 g/mol. The summed E-state index contributed by atoms with van der Waals surface area (Å²) in [5.41, 5.74) is 1.31. The Bertz CT molecular complexity index is 391. The first-order chi connectivity index (χ1) is 9.55. The van der Waals surface area contributed by atoms with E-state index in [9.17, 15) is 0 Å². The van der Waals surface area contributed by atoms with Crippen LogP contribution in [-0.4, -0.2) is 24.2 Å². The minimum atomic E-state index is 0.160.